The second-order valence-corrected chi connectivity index (χ2v) is 8.66. The summed E-state index contributed by atoms with van der Waals surface area (Å²) in [6.07, 6.45) is 0.931. The number of hydrogen-bond donors (Lipinski definition) is 1. The van der Waals surface area contributed by atoms with Crippen LogP contribution in [0.5, 0.6) is 0 Å². The van der Waals surface area contributed by atoms with E-state index >= 15 is 0 Å². The van der Waals surface area contributed by atoms with Crippen molar-refractivity contribution in [2.24, 2.45) is 5.41 Å². The lowest BCUT2D eigenvalue weighted by atomic mass is 9.81. The Bertz CT molecular complexity index is 538. The molecule has 1 heterocycles. The van der Waals surface area contributed by atoms with E-state index in [2.05, 4.69) is 57.0 Å². The van der Waals surface area contributed by atoms with Gasteiger partial charge in [-0.3, -0.25) is 9.69 Å². The summed E-state index contributed by atoms with van der Waals surface area (Å²) >= 11 is 0. The van der Waals surface area contributed by atoms with E-state index in [1.54, 1.807) is 0 Å². The van der Waals surface area contributed by atoms with Gasteiger partial charge in [0.05, 0.1) is 13.2 Å². The minimum Gasteiger partial charge on any atom is -0.379 e. The number of morpholine rings is 1. The van der Waals surface area contributed by atoms with Crippen LogP contribution in [0.4, 0.5) is 0 Å². The van der Waals surface area contributed by atoms with Gasteiger partial charge in [-0.15, -0.1) is 0 Å². The van der Waals surface area contributed by atoms with Crippen LogP contribution in [0.25, 0.3) is 0 Å². The molecule has 4 heteroatoms. The van der Waals surface area contributed by atoms with Crippen molar-refractivity contribution in [2.45, 2.75) is 53.1 Å². The number of hydrogen-bond acceptors (Lipinski definition) is 3. The second kappa shape index (κ2) is 7.66. The zero-order chi connectivity index (χ0) is 17.8. The minimum atomic E-state index is -0.220. The van der Waals surface area contributed by atoms with Crippen LogP contribution in [-0.4, -0.2) is 42.6 Å². The highest BCUT2D eigenvalue weighted by Crippen LogP contribution is 2.27. The SMILES string of the molecule is CC(C)(C)CC(C)(C)NC(=O)c1ccc(CN2CCOCC2)cc1. The van der Waals surface area contributed by atoms with Crippen molar-refractivity contribution in [3.8, 4) is 0 Å². The summed E-state index contributed by atoms with van der Waals surface area (Å²) in [5.74, 6) is 0.00201. The predicted octanol–water partition coefficient (Wildman–Crippen LogP) is 3.46. The molecule has 1 aliphatic heterocycles. The standard InChI is InChI=1S/C20H32N2O2/c1-19(2,3)15-20(4,5)21-18(23)17-8-6-16(7-9-17)14-22-10-12-24-13-11-22/h6-9H,10-15H2,1-5H3,(H,21,23). The van der Waals surface area contributed by atoms with Crippen LogP contribution in [0.1, 0.15) is 57.0 Å². The van der Waals surface area contributed by atoms with Crippen molar-refractivity contribution in [1.82, 2.24) is 10.2 Å². The summed E-state index contributed by atoms with van der Waals surface area (Å²) < 4.78 is 5.37. The number of benzene rings is 1. The number of carbonyl (C=O) groups is 1. The van der Waals surface area contributed by atoms with E-state index in [1.165, 1.54) is 5.56 Å². The molecule has 24 heavy (non-hydrogen) atoms. The van der Waals surface area contributed by atoms with Crippen molar-refractivity contribution >= 4 is 5.91 Å². The molecule has 0 radical (unpaired) electrons. The first-order valence-corrected chi connectivity index (χ1v) is 8.86. The summed E-state index contributed by atoms with van der Waals surface area (Å²) in [6.45, 7) is 15.2. The third kappa shape index (κ3) is 6.25. The van der Waals surface area contributed by atoms with Crippen molar-refractivity contribution in [3.05, 3.63) is 35.4 Å². The third-order valence-corrected chi connectivity index (χ3v) is 4.15. The van der Waals surface area contributed by atoms with E-state index < -0.39 is 0 Å². The van der Waals surface area contributed by atoms with Gasteiger partial charge in [0.15, 0.2) is 0 Å². The highest BCUT2D eigenvalue weighted by Gasteiger charge is 2.27. The maximum Gasteiger partial charge on any atom is 0.251 e. The largest absolute Gasteiger partial charge is 0.379 e. The monoisotopic (exact) mass is 332 g/mol. The summed E-state index contributed by atoms with van der Waals surface area (Å²) in [5, 5.41) is 3.16. The zero-order valence-corrected chi connectivity index (χ0v) is 15.8. The van der Waals surface area contributed by atoms with Crippen LogP contribution in [-0.2, 0) is 11.3 Å². The van der Waals surface area contributed by atoms with Gasteiger partial charge in [-0.1, -0.05) is 32.9 Å². The molecule has 1 amide bonds. The smallest absolute Gasteiger partial charge is 0.251 e. The maximum atomic E-state index is 12.5. The molecule has 1 fully saturated rings. The van der Waals surface area contributed by atoms with Crippen LogP contribution in [0, 0.1) is 5.41 Å². The molecular weight excluding hydrogens is 300 g/mol. The van der Waals surface area contributed by atoms with Gasteiger partial charge in [-0.2, -0.15) is 0 Å². The predicted molar refractivity (Wildman–Crippen MR) is 98.2 cm³/mol. The third-order valence-electron chi connectivity index (χ3n) is 4.15. The fraction of sp³-hybridized carbons (Fsp3) is 0.650. The first-order valence-electron chi connectivity index (χ1n) is 8.86. The van der Waals surface area contributed by atoms with E-state index in [0.717, 1.165) is 44.8 Å². The molecule has 1 N–H and O–H groups in total. The lowest BCUT2D eigenvalue weighted by Gasteiger charge is -2.33. The van der Waals surface area contributed by atoms with Crippen LogP contribution >= 0.6 is 0 Å². The molecule has 1 aromatic carbocycles. The van der Waals surface area contributed by atoms with Gasteiger partial charge in [0.25, 0.3) is 5.91 Å². The summed E-state index contributed by atoms with van der Waals surface area (Å²) in [4.78, 5) is 14.9. The molecule has 2 rings (SSSR count). The number of carbonyl (C=O) groups excluding carboxylic acids is 1. The van der Waals surface area contributed by atoms with Crippen LogP contribution in [0.2, 0.25) is 0 Å². The van der Waals surface area contributed by atoms with Crippen LogP contribution in [0.3, 0.4) is 0 Å². The summed E-state index contributed by atoms with van der Waals surface area (Å²) in [6, 6.07) is 7.97. The number of rotatable bonds is 5. The molecule has 0 aliphatic carbocycles. The topological polar surface area (TPSA) is 41.6 Å². The number of ether oxygens (including phenoxy) is 1. The van der Waals surface area contributed by atoms with Gasteiger partial charge in [0.1, 0.15) is 0 Å². The van der Waals surface area contributed by atoms with Crippen molar-refractivity contribution in [1.29, 1.82) is 0 Å². The Morgan fingerprint density at radius 2 is 1.67 bits per heavy atom. The molecule has 0 atom stereocenters. The highest BCUT2D eigenvalue weighted by atomic mass is 16.5. The van der Waals surface area contributed by atoms with Gasteiger partial charge in [0.2, 0.25) is 0 Å². The Labute approximate surface area is 146 Å². The molecule has 1 aromatic rings. The zero-order valence-electron chi connectivity index (χ0n) is 15.8. The first-order chi connectivity index (χ1) is 11.1. The second-order valence-electron chi connectivity index (χ2n) is 8.66. The number of amides is 1. The maximum absolute atomic E-state index is 12.5. The average molecular weight is 332 g/mol. The summed E-state index contributed by atoms with van der Waals surface area (Å²) in [7, 11) is 0. The fourth-order valence-electron chi connectivity index (χ4n) is 3.53. The van der Waals surface area contributed by atoms with Gasteiger partial charge in [-0.25, -0.2) is 0 Å². The van der Waals surface area contributed by atoms with Crippen molar-refractivity contribution in [3.63, 3.8) is 0 Å². The molecule has 0 saturated carbocycles. The average Bonchev–Trinajstić information content (AvgIpc) is 2.46. The quantitative estimate of drug-likeness (QED) is 0.898. The van der Waals surface area contributed by atoms with E-state index in [0.29, 0.717) is 0 Å². The van der Waals surface area contributed by atoms with Gasteiger partial charge < -0.3 is 10.1 Å². The molecule has 0 aromatic heterocycles. The Morgan fingerprint density at radius 3 is 2.21 bits per heavy atom. The number of nitrogens with one attached hydrogen (secondary N) is 1. The fourth-order valence-corrected chi connectivity index (χ4v) is 3.53. The molecule has 1 saturated heterocycles. The van der Waals surface area contributed by atoms with Gasteiger partial charge in [0, 0.05) is 30.7 Å². The Balaban J connectivity index is 1.93. The van der Waals surface area contributed by atoms with Crippen LogP contribution in [0.15, 0.2) is 24.3 Å². The van der Waals surface area contributed by atoms with Gasteiger partial charge >= 0.3 is 0 Å². The first kappa shape index (κ1) is 18.9. The van der Waals surface area contributed by atoms with E-state index in [-0.39, 0.29) is 16.9 Å². The lowest BCUT2D eigenvalue weighted by Crippen LogP contribution is -2.45. The minimum absolute atomic E-state index is 0.00201. The molecular formula is C20H32N2O2. The Hall–Kier alpha value is -1.39. The molecule has 4 nitrogen and oxygen atoms in total. The molecule has 0 bridgehead atoms. The van der Waals surface area contributed by atoms with Crippen LogP contribution < -0.4 is 5.32 Å². The molecule has 1 aliphatic rings. The van der Waals surface area contributed by atoms with Crippen molar-refractivity contribution < 1.29 is 9.53 Å². The highest BCUT2D eigenvalue weighted by molar-refractivity contribution is 5.94. The molecule has 0 unspecified atom stereocenters. The van der Waals surface area contributed by atoms with E-state index in [4.69, 9.17) is 4.74 Å². The molecule has 134 valence electrons. The lowest BCUT2D eigenvalue weighted by molar-refractivity contribution is 0.0342. The molecule has 0 spiro atoms. The van der Waals surface area contributed by atoms with E-state index in [1.807, 2.05) is 12.1 Å². The summed E-state index contributed by atoms with van der Waals surface area (Å²) in [5.41, 5.74) is 1.92. The Kier molecular flexibility index (Phi) is 6.05. The number of nitrogens with zero attached hydrogens (tertiary/aromatic N) is 1. The van der Waals surface area contributed by atoms with Gasteiger partial charge in [-0.05, 0) is 43.4 Å². The van der Waals surface area contributed by atoms with Crippen molar-refractivity contribution in [2.75, 3.05) is 26.3 Å². The van der Waals surface area contributed by atoms with E-state index in [9.17, 15) is 4.79 Å². The Morgan fingerprint density at radius 1 is 1.08 bits per heavy atom. The normalized spacial score (nSPS) is 16.9.